The van der Waals surface area contributed by atoms with E-state index in [1.54, 1.807) is 21.1 Å². The van der Waals surface area contributed by atoms with Gasteiger partial charge >= 0.3 is 0 Å². The quantitative estimate of drug-likeness (QED) is 0.673. The molecule has 13 heavy (non-hydrogen) atoms. The molecular weight excluding hydrogens is 315 g/mol. The Morgan fingerprint density at radius 3 is 2.62 bits per heavy atom. The van der Waals surface area contributed by atoms with E-state index in [1.165, 1.54) is 4.90 Å². The van der Waals surface area contributed by atoms with Crippen LogP contribution in [0.5, 0.6) is 0 Å². The molecule has 5 heteroatoms. The smallest absolute Gasteiger partial charge is 0.0415 e. The second kappa shape index (κ2) is 4.95. The van der Waals surface area contributed by atoms with Crippen molar-refractivity contribution in [1.29, 1.82) is 0 Å². The van der Waals surface area contributed by atoms with E-state index < -0.39 is 0 Å². The molecule has 0 fully saturated rings. The van der Waals surface area contributed by atoms with Crippen molar-refractivity contribution in [3.63, 3.8) is 0 Å². The van der Waals surface area contributed by atoms with Crippen molar-refractivity contribution in [2.24, 2.45) is 0 Å². The molecule has 0 aliphatic rings. The lowest BCUT2D eigenvalue weighted by Gasteiger charge is -2.18. The van der Waals surface area contributed by atoms with Crippen molar-refractivity contribution < 1.29 is 0 Å². The van der Waals surface area contributed by atoms with Gasteiger partial charge in [-0.05, 0) is 38.8 Å². The fourth-order valence-electron chi connectivity index (χ4n) is 0.674. The van der Waals surface area contributed by atoms with Crippen molar-refractivity contribution in [3.05, 3.63) is 18.5 Å². The standard InChI is InChI=1S/C8H13IN2S2/c1-8(2,3)10-12-7-4-5-11(6-7)13-9/h4-6,10H,1-3H3. The first-order chi connectivity index (χ1) is 6.01. The summed E-state index contributed by atoms with van der Waals surface area (Å²) in [5.41, 5.74) is 0.157. The molecule has 2 nitrogen and oxygen atoms in total. The van der Waals surface area contributed by atoms with Gasteiger partial charge in [-0.3, -0.25) is 8.69 Å². The summed E-state index contributed by atoms with van der Waals surface area (Å²) < 4.78 is 5.44. The van der Waals surface area contributed by atoms with Gasteiger partial charge in [0.15, 0.2) is 0 Å². The van der Waals surface area contributed by atoms with Gasteiger partial charge in [0.2, 0.25) is 0 Å². The van der Waals surface area contributed by atoms with Crippen molar-refractivity contribution in [2.75, 3.05) is 0 Å². The predicted molar refractivity (Wildman–Crippen MR) is 70.2 cm³/mol. The van der Waals surface area contributed by atoms with Gasteiger partial charge in [0.1, 0.15) is 0 Å². The molecule has 0 aliphatic carbocycles. The van der Waals surface area contributed by atoms with E-state index in [4.69, 9.17) is 0 Å². The normalized spacial score (nSPS) is 12.0. The van der Waals surface area contributed by atoms with E-state index >= 15 is 0 Å². The van der Waals surface area contributed by atoms with Crippen molar-refractivity contribution in [2.45, 2.75) is 31.2 Å². The van der Waals surface area contributed by atoms with Crippen LogP contribution in [0.15, 0.2) is 23.4 Å². The van der Waals surface area contributed by atoms with Crippen molar-refractivity contribution in [3.8, 4) is 0 Å². The van der Waals surface area contributed by atoms with Crippen LogP contribution in [0.4, 0.5) is 0 Å². The number of rotatable bonds is 3. The molecule has 0 saturated heterocycles. The number of nitrogens with zero attached hydrogens (tertiary/aromatic N) is 1. The molecule has 0 radical (unpaired) electrons. The van der Waals surface area contributed by atoms with Crippen molar-refractivity contribution >= 4 is 42.3 Å². The molecule has 0 bridgehead atoms. The van der Waals surface area contributed by atoms with Crippen LogP contribution in [0.1, 0.15) is 20.8 Å². The van der Waals surface area contributed by atoms with Gasteiger partial charge in [0.25, 0.3) is 0 Å². The molecule has 0 amide bonds. The first-order valence-electron chi connectivity index (χ1n) is 3.92. The van der Waals surface area contributed by atoms with Crippen LogP contribution in [0.2, 0.25) is 0 Å². The zero-order valence-corrected chi connectivity index (χ0v) is 11.7. The maximum Gasteiger partial charge on any atom is 0.0415 e. The van der Waals surface area contributed by atoms with Crippen LogP contribution in [0.3, 0.4) is 0 Å². The Bertz CT molecular complexity index is 267. The van der Waals surface area contributed by atoms with Crippen LogP contribution < -0.4 is 4.72 Å². The maximum absolute atomic E-state index is 3.37. The highest BCUT2D eigenvalue weighted by molar-refractivity contribution is 14.2. The number of hydrogen-bond acceptors (Lipinski definition) is 3. The summed E-state index contributed by atoms with van der Waals surface area (Å²) >= 11 is 3.94. The molecule has 74 valence electrons. The fraction of sp³-hybridized carbons (Fsp3) is 0.500. The van der Waals surface area contributed by atoms with Crippen LogP contribution in [-0.4, -0.2) is 9.51 Å². The van der Waals surface area contributed by atoms with Gasteiger partial charge < -0.3 is 0 Å². The lowest BCUT2D eigenvalue weighted by molar-refractivity contribution is 0.535. The highest BCUT2D eigenvalue weighted by Crippen LogP contribution is 2.23. The lowest BCUT2D eigenvalue weighted by Crippen LogP contribution is -2.29. The second-order valence-electron chi connectivity index (χ2n) is 3.73. The number of nitrogens with one attached hydrogen (secondary N) is 1. The first-order valence-corrected chi connectivity index (χ1v) is 8.05. The average molecular weight is 328 g/mol. The molecule has 1 aromatic rings. The number of aromatic nitrogens is 1. The summed E-state index contributed by atoms with van der Waals surface area (Å²) in [4.78, 5) is 1.25. The van der Waals surface area contributed by atoms with Gasteiger partial charge in [-0.15, -0.1) is 0 Å². The van der Waals surface area contributed by atoms with E-state index in [-0.39, 0.29) is 5.54 Å². The Labute approximate surface area is 100 Å². The van der Waals surface area contributed by atoms with E-state index in [0.717, 1.165) is 0 Å². The highest BCUT2D eigenvalue weighted by atomic mass is 127. The van der Waals surface area contributed by atoms with E-state index in [9.17, 15) is 0 Å². The summed E-state index contributed by atoms with van der Waals surface area (Å²) in [5, 5.41) is 0. The Hall–Kier alpha value is 0.670. The molecule has 0 unspecified atom stereocenters. The topological polar surface area (TPSA) is 17.0 Å². The largest absolute Gasteiger partial charge is 0.289 e. The second-order valence-corrected chi connectivity index (χ2v) is 6.35. The molecule has 1 N–H and O–H groups in total. The fourth-order valence-corrected chi connectivity index (χ4v) is 2.45. The van der Waals surface area contributed by atoms with Crippen LogP contribution >= 0.6 is 42.3 Å². The maximum atomic E-state index is 3.37. The average Bonchev–Trinajstić information content (AvgIpc) is 2.47. The molecule has 0 spiro atoms. The molecule has 1 heterocycles. The summed E-state index contributed by atoms with van der Waals surface area (Å²) in [6.45, 7) is 6.47. The molecule has 0 aromatic carbocycles. The summed E-state index contributed by atoms with van der Waals surface area (Å²) in [5.74, 6) is 0. The summed E-state index contributed by atoms with van der Waals surface area (Å²) in [7, 11) is 1.67. The van der Waals surface area contributed by atoms with Crippen LogP contribution in [0.25, 0.3) is 0 Å². The number of hydrogen-bond donors (Lipinski definition) is 1. The molecule has 0 aliphatic heterocycles. The first kappa shape index (κ1) is 11.7. The van der Waals surface area contributed by atoms with Crippen LogP contribution in [-0.2, 0) is 0 Å². The molecule has 0 atom stereocenters. The van der Waals surface area contributed by atoms with Crippen LogP contribution in [0, 0.1) is 0 Å². The van der Waals surface area contributed by atoms with Gasteiger partial charge in [-0.2, -0.15) is 0 Å². The van der Waals surface area contributed by atoms with Crippen molar-refractivity contribution in [1.82, 2.24) is 8.69 Å². The Morgan fingerprint density at radius 2 is 2.15 bits per heavy atom. The van der Waals surface area contributed by atoms with Gasteiger partial charge in [-0.25, -0.2) is 0 Å². The van der Waals surface area contributed by atoms with Gasteiger partial charge in [0, 0.05) is 53.2 Å². The molecular formula is C8H13IN2S2. The minimum atomic E-state index is 0.157. The zero-order chi connectivity index (χ0) is 9.90. The minimum absolute atomic E-state index is 0.157. The third kappa shape index (κ3) is 4.62. The molecule has 0 saturated carbocycles. The number of halogens is 1. The minimum Gasteiger partial charge on any atom is -0.289 e. The van der Waals surface area contributed by atoms with Gasteiger partial charge in [-0.1, -0.05) is 0 Å². The highest BCUT2D eigenvalue weighted by Gasteiger charge is 2.09. The Morgan fingerprint density at radius 1 is 1.46 bits per heavy atom. The van der Waals surface area contributed by atoms with E-state index in [2.05, 4.69) is 69.1 Å². The lowest BCUT2D eigenvalue weighted by atomic mass is 10.1. The predicted octanol–water partition coefficient (Wildman–Crippen LogP) is 3.73. The van der Waals surface area contributed by atoms with E-state index in [0.29, 0.717) is 0 Å². The van der Waals surface area contributed by atoms with Gasteiger partial charge in [0.05, 0.1) is 0 Å². The third-order valence-corrected chi connectivity index (χ3v) is 4.14. The summed E-state index contributed by atoms with van der Waals surface area (Å²) in [6, 6.07) is 2.11. The Balaban J connectivity index is 2.46. The monoisotopic (exact) mass is 328 g/mol. The third-order valence-electron chi connectivity index (χ3n) is 1.19. The van der Waals surface area contributed by atoms with E-state index in [1.807, 2.05) is 0 Å². The molecule has 1 aromatic heterocycles. The summed E-state index contributed by atoms with van der Waals surface area (Å²) in [6.07, 6.45) is 4.17. The molecule has 1 rings (SSSR count). The Kier molecular flexibility index (Phi) is 4.47. The zero-order valence-electron chi connectivity index (χ0n) is 7.87. The SMILES string of the molecule is CC(C)(C)NSc1ccn(SI)c1.